The molecule has 3 N–H and O–H groups in total. The number of quaternary nitrogens is 1. The zero-order chi connectivity index (χ0) is 40.0. The van der Waals surface area contributed by atoms with Gasteiger partial charge in [0, 0.05) is 6.42 Å². The average molecular weight is 790 g/mol. The molecule has 1 amide bonds. The molecule has 0 heterocycles. The van der Waals surface area contributed by atoms with Gasteiger partial charge in [-0.1, -0.05) is 213 Å². The van der Waals surface area contributed by atoms with Gasteiger partial charge in [-0.3, -0.25) is 13.8 Å². The Kier molecular flexibility index (Phi) is 37.7. The van der Waals surface area contributed by atoms with Crippen LogP contribution in [-0.2, 0) is 18.4 Å². The smallest absolute Gasteiger partial charge is 0.391 e. The summed E-state index contributed by atoms with van der Waals surface area (Å²) in [4.78, 5) is 23.1. The van der Waals surface area contributed by atoms with E-state index in [1.807, 2.05) is 21.1 Å². The number of aliphatic hydroxyl groups excluding tert-OH is 1. The predicted octanol–water partition coefficient (Wildman–Crippen LogP) is 13.0. The third-order valence-electron chi connectivity index (χ3n) is 10.9. The molecule has 0 fully saturated rings. The number of nitrogens with zero attached hydrogens (tertiary/aromatic N) is 1. The Hall–Kier alpha value is -0.500. The van der Waals surface area contributed by atoms with Crippen molar-refractivity contribution in [1.29, 1.82) is 0 Å². The molecule has 0 rings (SSSR count). The van der Waals surface area contributed by atoms with Crippen molar-refractivity contribution in [3.63, 3.8) is 0 Å². The summed E-state index contributed by atoms with van der Waals surface area (Å²) in [5.41, 5.74) is 0. The summed E-state index contributed by atoms with van der Waals surface area (Å²) in [5.74, 6) is -0.141. The lowest BCUT2D eigenvalue weighted by Gasteiger charge is -2.26. The molecule has 8 nitrogen and oxygen atoms in total. The van der Waals surface area contributed by atoms with Crippen LogP contribution in [0.5, 0.6) is 0 Å². The number of carbonyl (C=O) groups is 1. The molecule has 0 radical (unpaired) electrons. The van der Waals surface area contributed by atoms with Crippen molar-refractivity contribution in [2.24, 2.45) is 0 Å². The maximum Gasteiger partial charge on any atom is 0.472 e. The number of hydrogen-bond donors (Lipinski definition) is 3. The molecule has 0 aromatic heterocycles. The Balaban J connectivity index is 4.19. The number of amides is 1. The Bertz CT molecular complexity index is 855. The van der Waals surface area contributed by atoms with Crippen molar-refractivity contribution < 1.29 is 32.9 Å². The van der Waals surface area contributed by atoms with Gasteiger partial charge in [0.2, 0.25) is 5.91 Å². The zero-order valence-electron chi connectivity index (χ0n) is 36.7. The molecular weight excluding hydrogens is 695 g/mol. The second kappa shape index (κ2) is 38.0. The SMILES string of the molecule is CCCCCCCCCCCCCCCCCCCCCCCC(=O)N[C@@H](COP(=O)(O)OCC[N+](C)(C)C)[C@H](O)CCCCCCCCCCCCC. The summed E-state index contributed by atoms with van der Waals surface area (Å²) >= 11 is 0. The topological polar surface area (TPSA) is 105 Å². The highest BCUT2D eigenvalue weighted by Gasteiger charge is 2.28. The lowest BCUT2D eigenvalue weighted by Crippen LogP contribution is -2.46. The molecule has 1 unspecified atom stereocenters. The number of nitrogens with one attached hydrogen (secondary N) is 1. The third-order valence-corrected chi connectivity index (χ3v) is 11.8. The van der Waals surface area contributed by atoms with Crippen LogP contribution in [0.25, 0.3) is 0 Å². The molecule has 0 aromatic carbocycles. The van der Waals surface area contributed by atoms with Gasteiger partial charge >= 0.3 is 7.82 Å². The lowest BCUT2D eigenvalue weighted by molar-refractivity contribution is -0.870. The molecular formula is C45H94N2O6P+. The Morgan fingerprint density at radius 1 is 0.556 bits per heavy atom. The number of carbonyl (C=O) groups excluding carboxylic acids is 1. The van der Waals surface area contributed by atoms with E-state index in [4.69, 9.17) is 9.05 Å². The van der Waals surface area contributed by atoms with Crippen LogP contribution in [0, 0.1) is 0 Å². The van der Waals surface area contributed by atoms with Crippen LogP contribution in [0.15, 0.2) is 0 Å². The third kappa shape index (κ3) is 39.7. The van der Waals surface area contributed by atoms with E-state index in [9.17, 15) is 19.4 Å². The first kappa shape index (κ1) is 53.5. The highest BCUT2D eigenvalue weighted by molar-refractivity contribution is 7.47. The normalized spacial score (nSPS) is 14.3. The summed E-state index contributed by atoms with van der Waals surface area (Å²) < 4.78 is 23.6. The van der Waals surface area contributed by atoms with Gasteiger partial charge in [0.05, 0.1) is 39.9 Å². The van der Waals surface area contributed by atoms with E-state index >= 15 is 0 Å². The van der Waals surface area contributed by atoms with E-state index < -0.39 is 20.0 Å². The van der Waals surface area contributed by atoms with Crippen LogP contribution in [0.3, 0.4) is 0 Å². The minimum absolute atomic E-state index is 0.0784. The Labute approximate surface area is 336 Å². The van der Waals surface area contributed by atoms with Gasteiger partial charge in [0.15, 0.2) is 0 Å². The number of phosphoric acid groups is 1. The summed E-state index contributed by atoms with van der Waals surface area (Å²) in [6.07, 6.45) is 41.3. The van der Waals surface area contributed by atoms with Crippen molar-refractivity contribution in [1.82, 2.24) is 5.32 Å². The van der Waals surface area contributed by atoms with Crippen molar-refractivity contribution in [2.75, 3.05) is 40.9 Å². The van der Waals surface area contributed by atoms with Crippen LogP contribution in [-0.4, -0.2) is 73.4 Å². The molecule has 0 bridgehead atoms. The quantitative estimate of drug-likeness (QED) is 0.0323. The van der Waals surface area contributed by atoms with E-state index in [2.05, 4.69) is 19.2 Å². The highest BCUT2D eigenvalue weighted by atomic mass is 31.2. The largest absolute Gasteiger partial charge is 0.472 e. The van der Waals surface area contributed by atoms with E-state index in [1.165, 1.54) is 167 Å². The summed E-state index contributed by atoms with van der Waals surface area (Å²) in [6, 6.07) is -0.752. The average Bonchev–Trinajstić information content (AvgIpc) is 3.12. The number of phosphoric ester groups is 1. The Morgan fingerprint density at radius 2 is 0.889 bits per heavy atom. The number of unbranched alkanes of at least 4 members (excludes halogenated alkanes) is 30. The number of hydrogen-bond acceptors (Lipinski definition) is 5. The van der Waals surface area contributed by atoms with Crippen LogP contribution in [0.4, 0.5) is 0 Å². The fourth-order valence-electron chi connectivity index (χ4n) is 7.11. The monoisotopic (exact) mass is 790 g/mol. The second-order valence-corrected chi connectivity index (χ2v) is 19.0. The number of likely N-dealkylation sites (N-methyl/N-ethyl adjacent to an activating group) is 1. The first-order valence-electron chi connectivity index (χ1n) is 23.4. The van der Waals surface area contributed by atoms with E-state index in [-0.39, 0.29) is 19.1 Å². The van der Waals surface area contributed by atoms with Gasteiger partial charge in [-0.05, 0) is 12.8 Å². The van der Waals surface area contributed by atoms with Gasteiger partial charge in [-0.2, -0.15) is 0 Å². The molecule has 3 atom stereocenters. The van der Waals surface area contributed by atoms with Crippen LogP contribution < -0.4 is 5.32 Å². The summed E-state index contributed by atoms with van der Waals surface area (Å²) in [7, 11) is 1.63. The summed E-state index contributed by atoms with van der Waals surface area (Å²) in [5, 5.41) is 13.9. The van der Waals surface area contributed by atoms with Crippen molar-refractivity contribution in [3.8, 4) is 0 Å². The highest BCUT2D eigenvalue weighted by Crippen LogP contribution is 2.43. The molecule has 0 saturated carbocycles. The maximum absolute atomic E-state index is 12.9. The van der Waals surface area contributed by atoms with E-state index in [0.29, 0.717) is 23.9 Å². The number of rotatable bonds is 43. The van der Waals surface area contributed by atoms with E-state index in [1.54, 1.807) is 0 Å². The standard InChI is InChI=1S/C45H93N2O6P/c1-6-8-10-12-14-16-18-19-20-21-22-23-24-25-26-27-29-31-33-35-37-39-45(49)46-43(42-53-54(50,51)52-41-40-47(3,4)5)44(48)38-36-34-32-30-28-17-15-13-11-9-7-2/h43-44,48H,6-42H2,1-5H3,(H-,46,49,50,51)/p+1/t43-,44+/m0/s1. The molecule has 324 valence electrons. The van der Waals surface area contributed by atoms with Gasteiger partial charge in [0.25, 0.3) is 0 Å². The van der Waals surface area contributed by atoms with E-state index in [0.717, 1.165) is 38.5 Å². The first-order valence-corrected chi connectivity index (χ1v) is 24.9. The molecule has 0 aliphatic carbocycles. The molecule has 0 saturated heterocycles. The minimum atomic E-state index is -4.30. The maximum atomic E-state index is 12.9. The summed E-state index contributed by atoms with van der Waals surface area (Å²) in [6.45, 7) is 4.90. The van der Waals surface area contributed by atoms with Crippen molar-refractivity contribution >= 4 is 13.7 Å². The molecule has 0 aliphatic heterocycles. The van der Waals surface area contributed by atoms with Gasteiger partial charge in [-0.15, -0.1) is 0 Å². The first-order chi connectivity index (χ1) is 26.0. The minimum Gasteiger partial charge on any atom is -0.391 e. The van der Waals surface area contributed by atoms with Gasteiger partial charge in [-0.25, -0.2) is 4.57 Å². The van der Waals surface area contributed by atoms with Crippen LogP contribution in [0.2, 0.25) is 0 Å². The van der Waals surface area contributed by atoms with Crippen molar-refractivity contribution in [3.05, 3.63) is 0 Å². The predicted molar refractivity (Wildman–Crippen MR) is 231 cm³/mol. The van der Waals surface area contributed by atoms with Crippen molar-refractivity contribution in [2.45, 2.75) is 244 Å². The van der Waals surface area contributed by atoms with Crippen LogP contribution in [0.1, 0.15) is 232 Å². The molecule has 0 spiro atoms. The van der Waals surface area contributed by atoms with Gasteiger partial charge in [0.1, 0.15) is 13.2 Å². The Morgan fingerprint density at radius 3 is 1.24 bits per heavy atom. The fraction of sp³-hybridized carbons (Fsp3) is 0.978. The molecule has 9 heteroatoms. The zero-order valence-corrected chi connectivity index (χ0v) is 37.6. The fourth-order valence-corrected chi connectivity index (χ4v) is 7.84. The second-order valence-electron chi connectivity index (χ2n) is 17.5. The molecule has 0 aromatic rings. The lowest BCUT2D eigenvalue weighted by atomic mass is 10.0. The van der Waals surface area contributed by atoms with Crippen LogP contribution >= 0.6 is 7.82 Å². The molecule has 0 aliphatic rings. The number of aliphatic hydroxyl groups is 1. The molecule has 54 heavy (non-hydrogen) atoms. The van der Waals surface area contributed by atoms with Gasteiger partial charge < -0.3 is 19.8 Å².